The highest BCUT2D eigenvalue weighted by molar-refractivity contribution is 5.98. The molecule has 3 rings (SSSR count). The molecule has 1 atom stereocenters. The highest BCUT2D eigenvalue weighted by Crippen LogP contribution is 2.37. The number of fused-ring (bicyclic) bond motifs is 1. The number of amides is 2. The van der Waals surface area contributed by atoms with Crippen molar-refractivity contribution in [1.29, 1.82) is 0 Å². The van der Waals surface area contributed by atoms with E-state index < -0.39 is 6.04 Å². The molecule has 0 saturated heterocycles. The van der Waals surface area contributed by atoms with Crippen LogP contribution in [0.4, 0.5) is 0 Å². The van der Waals surface area contributed by atoms with Crippen molar-refractivity contribution in [3.63, 3.8) is 0 Å². The normalized spacial score (nSPS) is 13.7. The molecule has 30 heavy (non-hydrogen) atoms. The molecular formula is C23H28N2O5. The number of rotatable bonds is 10. The Hall–Kier alpha value is -3.06. The molecule has 1 unspecified atom stereocenters. The summed E-state index contributed by atoms with van der Waals surface area (Å²) in [4.78, 5) is 27.4. The average molecular weight is 412 g/mol. The average Bonchev–Trinajstić information content (AvgIpc) is 3.09. The Balaban J connectivity index is 1.90. The molecule has 0 saturated carbocycles. The second kappa shape index (κ2) is 10.1. The van der Waals surface area contributed by atoms with Crippen LogP contribution in [0.15, 0.2) is 42.5 Å². The maximum Gasteiger partial charge on any atom is 0.255 e. The molecule has 0 aliphatic carbocycles. The fourth-order valence-electron chi connectivity index (χ4n) is 3.64. The van der Waals surface area contributed by atoms with E-state index in [1.807, 2.05) is 49.4 Å². The molecule has 0 radical (unpaired) electrons. The maximum atomic E-state index is 13.1. The SMILES string of the molecule is CCOc1ccc(C(CC(=O)NCCOC)N2Cc3ccccc3C2=O)cc1OC. The molecule has 0 fully saturated rings. The third-order valence-electron chi connectivity index (χ3n) is 5.10. The monoisotopic (exact) mass is 412 g/mol. The number of carbonyl (C=O) groups excluding carboxylic acids is 2. The molecule has 7 nitrogen and oxygen atoms in total. The Morgan fingerprint density at radius 1 is 1.17 bits per heavy atom. The highest BCUT2D eigenvalue weighted by Gasteiger charge is 2.34. The Labute approximate surface area is 176 Å². The lowest BCUT2D eigenvalue weighted by Crippen LogP contribution is -2.35. The van der Waals surface area contributed by atoms with Gasteiger partial charge in [0.1, 0.15) is 0 Å². The van der Waals surface area contributed by atoms with Crippen molar-refractivity contribution >= 4 is 11.8 Å². The molecule has 1 heterocycles. The van der Waals surface area contributed by atoms with Crippen LogP contribution < -0.4 is 14.8 Å². The van der Waals surface area contributed by atoms with Crippen molar-refractivity contribution in [2.24, 2.45) is 0 Å². The van der Waals surface area contributed by atoms with Gasteiger partial charge in [-0.3, -0.25) is 9.59 Å². The summed E-state index contributed by atoms with van der Waals surface area (Å²) in [6, 6.07) is 12.7. The first-order chi connectivity index (χ1) is 14.6. The van der Waals surface area contributed by atoms with Gasteiger partial charge >= 0.3 is 0 Å². The first-order valence-corrected chi connectivity index (χ1v) is 10.0. The van der Waals surface area contributed by atoms with Crippen molar-refractivity contribution in [1.82, 2.24) is 10.2 Å². The smallest absolute Gasteiger partial charge is 0.255 e. The standard InChI is InChI=1S/C23H28N2O5/c1-4-30-20-10-9-16(13-21(20)29-3)19(14-22(26)24-11-12-28-2)25-15-17-7-5-6-8-18(17)23(25)27/h5-10,13,19H,4,11-12,14-15H2,1-3H3,(H,24,26). The molecule has 0 spiro atoms. The lowest BCUT2D eigenvalue weighted by atomic mass is 10.0. The second-order valence-electron chi connectivity index (χ2n) is 7.00. The fourth-order valence-corrected chi connectivity index (χ4v) is 3.64. The first kappa shape index (κ1) is 21.6. The molecule has 160 valence electrons. The van der Waals surface area contributed by atoms with Crippen molar-refractivity contribution < 1.29 is 23.8 Å². The summed E-state index contributed by atoms with van der Waals surface area (Å²) >= 11 is 0. The summed E-state index contributed by atoms with van der Waals surface area (Å²) in [6.45, 7) is 3.73. The van der Waals surface area contributed by atoms with Gasteiger partial charge in [0.25, 0.3) is 5.91 Å². The van der Waals surface area contributed by atoms with E-state index >= 15 is 0 Å². The van der Waals surface area contributed by atoms with E-state index in [2.05, 4.69) is 5.32 Å². The molecular weight excluding hydrogens is 384 g/mol. The van der Waals surface area contributed by atoms with Gasteiger partial charge in [0.15, 0.2) is 11.5 Å². The van der Waals surface area contributed by atoms with Gasteiger partial charge in [0.2, 0.25) is 5.91 Å². The number of hydrogen-bond donors (Lipinski definition) is 1. The largest absolute Gasteiger partial charge is 0.493 e. The van der Waals surface area contributed by atoms with E-state index in [-0.39, 0.29) is 18.2 Å². The van der Waals surface area contributed by atoms with Crippen molar-refractivity contribution in [2.45, 2.75) is 25.9 Å². The lowest BCUT2D eigenvalue weighted by Gasteiger charge is -2.28. The van der Waals surface area contributed by atoms with Gasteiger partial charge in [0, 0.05) is 25.8 Å². The van der Waals surface area contributed by atoms with Crippen LogP contribution in [0.3, 0.4) is 0 Å². The van der Waals surface area contributed by atoms with Crippen LogP contribution in [0.1, 0.15) is 40.9 Å². The van der Waals surface area contributed by atoms with Gasteiger partial charge in [0.05, 0.1) is 32.8 Å². The van der Waals surface area contributed by atoms with E-state index in [9.17, 15) is 9.59 Å². The van der Waals surface area contributed by atoms with Crippen LogP contribution in [-0.2, 0) is 16.1 Å². The Morgan fingerprint density at radius 2 is 1.97 bits per heavy atom. The number of methoxy groups -OCH3 is 2. The number of ether oxygens (including phenoxy) is 3. The summed E-state index contributed by atoms with van der Waals surface area (Å²) in [6.07, 6.45) is 0.139. The zero-order valence-electron chi connectivity index (χ0n) is 17.6. The summed E-state index contributed by atoms with van der Waals surface area (Å²) < 4.78 is 16.1. The van der Waals surface area contributed by atoms with Crippen molar-refractivity contribution in [3.8, 4) is 11.5 Å². The predicted molar refractivity (Wildman–Crippen MR) is 113 cm³/mol. The lowest BCUT2D eigenvalue weighted by molar-refractivity contribution is -0.122. The third kappa shape index (κ3) is 4.74. The van der Waals surface area contributed by atoms with Crippen LogP contribution in [0.5, 0.6) is 11.5 Å². The second-order valence-corrected chi connectivity index (χ2v) is 7.00. The van der Waals surface area contributed by atoms with Gasteiger partial charge in [-0.2, -0.15) is 0 Å². The highest BCUT2D eigenvalue weighted by atomic mass is 16.5. The van der Waals surface area contributed by atoms with E-state index in [1.165, 1.54) is 0 Å². The van der Waals surface area contributed by atoms with Crippen molar-refractivity contribution in [2.75, 3.05) is 34.0 Å². The van der Waals surface area contributed by atoms with Gasteiger partial charge < -0.3 is 24.4 Å². The van der Waals surface area contributed by atoms with Gasteiger partial charge in [-0.25, -0.2) is 0 Å². The first-order valence-electron chi connectivity index (χ1n) is 10.0. The summed E-state index contributed by atoms with van der Waals surface area (Å²) in [5.41, 5.74) is 2.46. The topological polar surface area (TPSA) is 77.1 Å². The van der Waals surface area contributed by atoms with Gasteiger partial charge in [-0.05, 0) is 36.2 Å². The minimum atomic E-state index is -0.433. The fraction of sp³-hybridized carbons (Fsp3) is 0.391. The minimum absolute atomic E-state index is 0.0758. The molecule has 7 heteroatoms. The molecule has 2 aromatic carbocycles. The number of nitrogens with one attached hydrogen (secondary N) is 1. The van der Waals surface area contributed by atoms with E-state index in [0.717, 1.165) is 11.1 Å². The Bertz CT molecular complexity index is 899. The minimum Gasteiger partial charge on any atom is -0.493 e. The quantitative estimate of drug-likeness (QED) is 0.607. The molecule has 2 aromatic rings. The molecule has 0 aromatic heterocycles. The number of hydrogen-bond acceptors (Lipinski definition) is 5. The summed E-state index contributed by atoms with van der Waals surface area (Å²) in [7, 11) is 3.16. The molecule has 0 bridgehead atoms. The van der Waals surface area contributed by atoms with Crippen molar-refractivity contribution in [3.05, 3.63) is 59.2 Å². The number of benzene rings is 2. The van der Waals surface area contributed by atoms with Crippen LogP contribution in [0, 0.1) is 0 Å². The number of nitrogens with zero attached hydrogens (tertiary/aromatic N) is 1. The van der Waals surface area contributed by atoms with Crippen LogP contribution in [0.25, 0.3) is 0 Å². The van der Waals surface area contributed by atoms with E-state index in [4.69, 9.17) is 14.2 Å². The molecule has 2 amide bonds. The van der Waals surface area contributed by atoms with E-state index in [1.54, 1.807) is 19.1 Å². The third-order valence-corrected chi connectivity index (χ3v) is 5.10. The van der Waals surface area contributed by atoms with Gasteiger partial charge in [-0.1, -0.05) is 24.3 Å². The maximum absolute atomic E-state index is 13.1. The zero-order valence-corrected chi connectivity index (χ0v) is 17.6. The van der Waals surface area contributed by atoms with E-state index in [0.29, 0.717) is 43.4 Å². The van der Waals surface area contributed by atoms with Crippen LogP contribution >= 0.6 is 0 Å². The molecule has 1 N–H and O–H groups in total. The summed E-state index contributed by atoms with van der Waals surface area (Å²) in [5, 5.41) is 2.85. The Kier molecular flexibility index (Phi) is 7.30. The molecule has 1 aliphatic heterocycles. The van der Waals surface area contributed by atoms with Crippen LogP contribution in [0.2, 0.25) is 0 Å². The number of carbonyl (C=O) groups is 2. The molecule has 1 aliphatic rings. The Morgan fingerprint density at radius 3 is 2.67 bits per heavy atom. The zero-order chi connectivity index (χ0) is 21.5. The predicted octanol–water partition coefficient (Wildman–Crippen LogP) is 2.94. The van der Waals surface area contributed by atoms with Crippen LogP contribution in [-0.4, -0.2) is 50.7 Å². The summed E-state index contributed by atoms with van der Waals surface area (Å²) in [5.74, 6) is 0.980. The van der Waals surface area contributed by atoms with Gasteiger partial charge in [-0.15, -0.1) is 0 Å².